The van der Waals surface area contributed by atoms with E-state index < -0.39 is 15.8 Å². The minimum Gasteiger partial charge on any atom is -0.445 e. The van der Waals surface area contributed by atoms with Crippen LogP contribution < -0.4 is 5.73 Å². The van der Waals surface area contributed by atoms with E-state index >= 15 is 0 Å². The second-order valence-electron chi connectivity index (χ2n) is 6.40. The van der Waals surface area contributed by atoms with Crippen LogP contribution in [-0.4, -0.2) is 23.5 Å². The lowest BCUT2D eigenvalue weighted by molar-refractivity contribution is 0.0501. The molecule has 5 nitrogen and oxygen atoms in total. The molecular weight excluding hydrogens is 324 g/mol. The minimum atomic E-state index is -2.62. The number of ether oxygens (including phenoxy) is 1. The Morgan fingerprint density at radius 1 is 1.38 bits per heavy atom. The van der Waals surface area contributed by atoms with Crippen LogP contribution in [0.1, 0.15) is 33.1 Å². The van der Waals surface area contributed by atoms with Crippen molar-refractivity contribution in [1.29, 1.82) is 0 Å². The van der Waals surface area contributed by atoms with Crippen LogP contribution >= 0.6 is 0 Å². The van der Waals surface area contributed by atoms with E-state index in [0.29, 0.717) is 4.90 Å². The van der Waals surface area contributed by atoms with E-state index in [2.05, 4.69) is 4.36 Å². The second-order valence-corrected chi connectivity index (χ2v) is 8.61. The molecule has 0 aliphatic heterocycles. The fourth-order valence-electron chi connectivity index (χ4n) is 3.28. The summed E-state index contributed by atoms with van der Waals surface area (Å²) in [5.41, 5.74) is 6.28. The maximum Gasteiger partial charge on any atom is 0.404 e. The topological polar surface area (TPSA) is 81.8 Å². The van der Waals surface area contributed by atoms with Crippen molar-refractivity contribution in [3.8, 4) is 0 Å². The van der Waals surface area contributed by atoms with Gasteiger partial charge in [0.2, 0.25) is 0 Å². The number of rotatable bonds is 5. The van der Waals surface area contributed by atoms with Gasteiger partial charge in [-0.2, -0.15) is 0 Å². The van der Waals surface area contributed by atoms with E-state index in [0.717, 1.165) is 24.8 Å². The first-order valence-electron chi connectivity index (χ1n) is 8.24. The molecule has 1 fully saturated rings. The highest BCUT2D eigenvalue weighted by Gasteiger charge is 2.34. The summed E-state index contributed by atoms with van der Waals surface area (Å²) in [5, 5.41) is 1.79. The number of amides is 1. The summed E-state index contributed by atoms with van der Waals surface area (Å²) in [6, 6.07) is 9.27. The number of primary amides is 1. The van der Waals surface area contributed by atoms with Gasteiger partial charge in [0.25, 0.3) is 0 Å². The predicted molar refractivity (Wildman–Crippen MR) is 95.9 cm³/mol. The van der Waals surface area contributed by atoms with Crippen LogP contribution in [0.4, 0.5) is 4.79 Å². The van der Waals surface area contributed by atoms with Crippen molar-refractivity contribution in [3.05, 3.63) is 41.3 Å². The molecule has 1 aliphatic carbocycles. The summed E-state index contributed by atoms with van der Waals surface area (Å²) in [4.78, 5) is 11.9. The van der Waals surface area contributed by atoms with Crippen molar-refractivity contribution in [2.45, 2.75) is 44.1 Å². The first-order valence-corrected chi connectivity index (χ1v) is 9.82. The highest BCUT2D eigenvalue weighted by atomic mass is 32.2. The monoisotopic (exact) mass is 350 g/mol. The van der Waals surface area contributed by atoms with E-state index in [9.17, 15) is 9.00 Å². The quantitative estimate of drug-likeness (QED) is 0.873. The van der Waals surface area contributed by atoms with Crippen LogP contribution in [0.2, 0.25) is 0 Å². The Balaban J connectivity index is 2.40. The summed E-state index contributed by atoms with van der Waals surface area (Å²) in [6.45, 7) is 4.00. The molecule has 3 atom stereocenters. The van der Waals surface area contributed by atoms with E-state index in [4.69, 9.17) is 10.5 Å². The third-order valence-corrected chi connectivity index (χ3v) is 6.54. The van der Waals surface area contributed by atoms with Gasteiger partial charge in [0.1, 0.15) is 6.10 Å². The van der Waals surface area contributed by atoms with Gasteiger partial charge in [-0.05, 0) is 37.3 Å². The molecule has 0 saturated heterocycles. The number of nitrogens with zero attached hydrogens (tertiary/aromatic N) is 1. The molecule has 1 aromatic carbocycles. The zero-order chi connectivity index (χ0) is 17.7. The van der Waals surface area contributed by atoms with Crippen LogP contribution in [0.5, 0.6) is 0 Å². The highest BCUT2D eigenvalue weighted by molar-refractivity contribution is 7.96. The third-order valence-electron chi connectivity index (χ3n) is 4.43. The Morgan fingerprint density at radius 2 is 2.04 bits per heavy atom. The van der Waals surface area contributed by atoms with E-state index in [1.165, 1.54) is 0 Å². The Kier molecular flexibility index (Phi) is 6.04. The zero-order valence-corrected chi connectivity index (χ0v) is 15.3. The number of benzene rings is 1. The van der Waals surface area contributed by atoms with Crippen molar-refractivity contribution in [2.24, 2.45) is 21.9 Å². The summed E-state index contributed by atoms with van der Waals surface area (Å²) < 4.78 is 22.8. The average molecular weight is 350 g/mol. The smallest absolute Gasteiger partial charge is 0.404 e. The molecule has 132 valence electrons. The van der Waals surface area contributed by atoms with Gasteiger partial charge in [0.05, 0.1) is 14.6 Å². The van der Waals surface area contributed by atoms with E-state index in [1.807, 2.05) is 44.2 Å². The van der Waals surface area contributed by atoms with Crippen LogP contribution in [0.25, 0.3) is 0 Å². The van der Waals surface area contributed by atoms with Gasteiger partial charge in [0.15, 0.2) is 0 Å². The van der Waals surface area contributed by atoms with Gasteiger partial charge in [-0.25, -0.2) is 13.4 Å². The molecule has 3 unspecified atom stereocenters. The third kappa shape index (κ3) is 4.17. The SMILES string of the molecule is CN=S(=O)(/C=C1/CCCC1C(OC(N)=O)C(C)C)c1ccccc1. The number of carbonyl (C=O) groups is 1. The first-order chi connectivity index (χ1) is 11.4. The predicted octanol–water partition coefficient (Wildman–Crippen LogP) is 3.95. The van der Waals surface area contributed by atoms with Gasteiger partial charge in [0, 0.05) is 18.4 Å². The average Bonchev–Trinajstić information content (AvgIpc) is 3.00. The van der Waals surface area contributed by atoms with Crippen LogP contribution in [0.3, 0.4) is 0 Å². The largest absolute Gasteiger partial charge is 0.445 e. The van der Waals surface area contributed by atoms with Crippen molar-refractivity contribution < 1.29 is 13.7 Å². The van der Waals surface area contributed by atoms with E-state index in [-0.39, 0.29) is 17.9 Å². The lowest BCUT2D eigenvalue weighted by Crippen LogP contribution is -2.33. The Hall–Kier alpha value is -1.82. The first kappa shape index (κ1) is 18.5. The Labute approximate surface area is 144 Å². The van der Waals surface area contributed by atoms with E-state index in [1.54, 1.807) is 12.5 Å². The fraction of sp³-hybridized carbons (Fsp3) is 0.500. The maximum absolute atomic E-state index is 13.3. The standard InChI is InChI=1S/C18H26N2O3S/c1-13(2)17(23-18(19)21)16-11-7-8-14(16)12-24(22,20-3)15-9-5-4-6-10-15/h4-6,9-10,12-13,16-17H,7-8,11H2,1-3H3,(H2,19,21)/b14-12-. The number of hydrogen-bond acceptors (Lipinski definition) is 4. The van der Waals surface area contributed by atoms with Gasteiger partial charge >= 0.3 is 6.09 Å². The normalized spacial score (nSPS) is 23.0. The van der Waals surface area contributed by atoms with Crippen molar-refractivity contribution in [2.75, 3.05) is 7.05 Å². The molecule has 24 heavy (non-hydrogen) atoms. The molecular formula is C18H26N2O3S. The molecule has 0 spiro atoms. The molecule has 1 aliphatic rings. The second kappa shape index (κ2) is 7.83. The number of hydrogen-bond donors (Lipinski definition) is 1. The van der Waals surface area contributed by atoms with Crippen LogP contribution in [-0.2, 0) is 14.5 Å². The molecule has 1 aromatic rings. The molecule has 0 bridgehead atoms. The molecule has 0 radical (unpaired) electrons. The molecule has 0 heterocycles. The zero-order valence-electron chi connectivity index (χ0n) is 14.5. The summed E-state index contributed by atoms with van der Waals surface area (Å²) in [7, 11) is -1.04. The fourth-order valence-corrected chi connectivity index (χ4v) is 4.98. The van der Waals surface area contributed by atoms with Gasteiger partial charge in [-0.15, -0.1) is 0 Å². The van der Waals surface area contributed by atoms with Crippen molar-refractivity contribution in [3.63, 3.8) is 0 Å². The Bertz CT molecular complexity index is 719. The van der Waals surface area contributed by atoms with Crippen molar-refractivity contribution >= 4 is 15.8 Å². The molecule has 2 N–H and O–H groups in total. The minimum absolute atomic E-state index is 0.0452. The molecule has 6 heteroatoms. The van der Waals surface area contributed by atoms with Crippen LogP contribution in [0, 0.1) is 11.8 Å². The lowest BCUT2D eigenvalue weighted by Gasteiger charge is -2.27. The lowest BCUT2D eigenvalue weighted by atomic mass is 9.89. The van der Waals surface area contributed by atoms with Crippen molar-refractivity contribution in [1.82, 2.24) is 0 Å². The van der Waals surface area contributed by atoms with Gasteiger partial charge in [-0.1, -0.05) is 37.6 Å². The highest BCUT2D eigenvalue weighted by Crippen LogP contribution is 2.38. The van der Waals surface area contributed by atoms with Crippen LogP contribution in [0.15, 0.2) is 50.6 Å². The molecule has 1 saturated carbocycles. The molecule has 2 rings (SSSR count). The molecule has 0 aromatic heterocycles. The van der Waals surface area contributed by atoms with Gasteiger partial charge < -0.3 is 10.5 Å². The molecule has 1 amide bonds. The number of carbonyl (C=O) groups excluding carboxylic acids is 1. The maximum atomic E-state index is 13.3. The Morgan fingerprint density at radius 3 is 2.58 bits per heavy atom. The summed E-state index contributed by atoms with van der Waals surface area (Å²) in [5.74, 6) is 0.180. The number of nitrogens with two attached hydrogens (primary N) is 1. The summed E-state index contributed by atoms with van der Waals surface area (Å²) >= 11 is 0. The summed E-state index contributed by atoms with van der Waals surface area (Å²) in [6.07, 6.45) is 1.66. The van der Waals surface area contributed by atoms with Gasteiger partial charge in [-0.3, -0.25) is 0 Å².